The number of ether oxygens (including phenoxy) is 2. The van der Waals surface area contributed by atoms with E-state index in [-0.39, 0.29) is 25.3 Å². The predicted octanol–water partition coefficient (Wildman–Crippen LogP) is 2.97. The van der Waals surface area contributed by atoms with Gasteiger partial charge in [-0.1, -0.05) is 25.1 Å². The molecule has 10 nitrogen and oxygen atoms in total. The number of thiophene rings is 1. The highest BCUT2D eigenvalue weighted by molar-refractivity contribution is 7.16. The third-order valence-electron chi connectivity index (χ3n) is 4.96. The number of esters is 2. The largest absolute Gasteiger partial charge is 0.462 e. The average molecular weight is 487 g/mol. The molecule has 2 amide bonds. The second-order valence-corrected chi connectivity index (χ2v) is 8.47. The first kappa shape index (κ1) is 24.9. The molecular weight excluding hydrogens is 460 g/mol. The lowest BCUT2D eigenvalue weighted by atomic mass is 10.1. The van der Waals surface area contributed by atoms with Crippen molar-refractivity contribution in [1.29, 1.82) is 0 Å². The zero-order valence-corrected chi connectivity index (χ0v) is 20.0. The molecule has 0 spiro atoms. The summed E-state index contributed by atoms with van der Waals surface area (Å²) >= 11 is 1.27. The molecule has 3 rings (SSSR count). The number of amides is 2. The molecule has 3 N–H and O–H groups in total. The van der Waals surface area contributed by atoms with Gasteiger partial charge < -0.3 is 20.1 Å². The lowest BCUT2D eigenvalue weighted by Crippen LogP contribution is -2.28. The molecule has 1 aromatic carbocycles. The Bertz CT molecular complexity index is 1220. The SMILES string of the molecule is CCOC(=O)c1c(NC(=O)COC(=O)CCNC(=O)c2n[nH]c3ccccc23)sc(C)c1CC. The van der Waals surface area contributed by atoms with Crippen LogP contribution in [0.4, 0.5) is 5.00 Å². The molecule has 0 atom stereocenters. The highest BCUT2D eigenvalue weighted by Gasteiger charge is 2.23. The maximum atomic E-state index is 12.3. The first-order valence-corrected chi connectivity index (χ1v) is 11.6. The van der Waals surface area contributed by atoms with Crippen LogP contribution in [0.15, 0.2) is 24.3 Å². The summed E-state index contributed by atoms with van der Waals surface area (Å²) in [4.78, 5) is 49.9. The van der Waals surface area contributed by atoms with Crippen LogP contribution in [-0.2, 0) is 25.5 Å². The van der Waals surface area contributed by atoms with Gasteiger partial charge >= 0.3 is 11.9 Å². The monoisotopic (exact) mass is 486 g/mol. The minimum Gasteiger partial charge on any atom is -0.462 e. The fraction of sp³-hybridized carbons (Fsp3) is 0.348. The van der Waals surface area contributed by atoms with Crippen LogP contribution < -0.4 is 10.6 Å². The van der Waals surface area contributed by atoms with Gasteiger partial charge in [0.05, 0.1) is 24.1 Å². The number of fused-ring (bicyclic) bond motifs is 1. The number of benzene rings is 1. The van der Waals surface area contributed by atoms with Gasteiger partial charge in [0.1, 0.15) is 5.00 Å². The van der Waals surface area contributed by atoms with E-state index in [0.717, 1.165) is 16.0 Å². The van der Waals surface area contributed by atoms with Gasteiger partial charge in [0, 0.05) is 16.8 Å². The summed E-state index contributed by atoms with van der Waals surface area (Å²) in [5, 5.41) is 13.1. The van der Waals surface area contributed by atoms with Crippen LogP contribution in [0.5, 0.6) is 0 Å². The van der Waals surface area contributed by atoms with Gasteiger partial charge in [0.25, 0.3) is 11.8 Å². The van der Waals surface area contributed by atoms with Crippen LogP contribution in [0.1, 0.15) is 51.6 Å². The number of hydrogen-bond donors (Lipinski definition) is 3. The number of para-hydroxylation sites is 1. The highest BCUT2D eigenvalue weighted by atomic mass is 32.1. The maximum absolute atomic E-state index is 12.3. The number of carbonyl (C=O) groups is 4. The molecule has 11 heteroatoms. The molecule has 3 aromatic rings. The number of hydrogen-bond acceptors (Lipinski definition) is 8. The molecule has 0 bridgehead atoms. The second-order valence-electron chi connectivity index (χ2n) is 7.25. The van der Waals surface area contributed by atoms with Gasteiger partial charge in [0.15, 0.2) is 12.3 Å². The minimum atomic E-state index is -0.649. The third kappa shape index (κ3) is 5.79. The molecule has 0 saturated carbocycles. The first-order valence-electron chi connectivity index (χ1n) is 10.8. The number of anilines is 1. The Morgan fingerprint density at radius 1 is 1.12 bits per heavy atom. The van der Waals surface area contributed by atoms with Crippen molar-refractivity contribution in [2.75, 3.05) is 25.1 Å². The molecule has 0 saturated heterocycles. The third-order valence-corrected chi connectivity index (χ3v) is 6.02. The molecule has 180 valence electrons. The summed E-state index contributed by atoms with van der Waals surface area (Å²) in [6, 6.07) is 7.20. The van der Waals surface area contributed by atoms with Crippen LogP contribution in [0, 0.1) is 6.92 Å². The van der Waals surface area contributed by atoms with Crippen molar-refractivity contribution in [3.05, 3.63) is 46.0 Å². The van der Waals surface area contributed by atoms with Crippen molar-refractivity contribution < 1.29 is 28.7 Å². The molecule has 0 fully saturated rings. The van der Waals surface area contributed by atoms with E-state index in [0.29, 0.717) is 22.4 Å². The van der Waals surface area contributed by atoms with Crippen LogP contribution in [0.2, 0.25) is 0 Å². The van der Waals surface area contributed by atoms with Crippen molar-refractivity contribution >= 4 is 51.0 Å². The van der Waals surface area contributed by atoms with E-state index in [2.05, 4.69) is 20.8 Å². The molecule has 0 unspecified atom stereocenters. The number of nitrogens with zero attached hydrogens (tertiary/aromatic N) is 1. The maximum Gasteiger partial charge on any atom is 0.341 e. The number of aromatic amines is 1. The molecular formula is C23H26N4O6S. The Labute approximate surface area is 200 Å². The number of aryl methyl sites for hydroxylation is 1. The van der Waals surface area contributed by atoms with E-state index in [1.807, 2.05) is 19.9 Å². The standard InChI is InChI=1S/C23H26N4O6S/c1-4-14-13(3)34-22(19(14)23(31)32-5-2)25-17(28)12-33-18(29)10-11-24-21(30)20-15-8-6-7-9-16(15)26-27-20/h6-9H,4-5,10-12H2,1-3H3,(H,24,30)(H,25,28)(H,26,27). The van der Waals surface area contributed by atoms with Crippen LogP contribution in [0.25, 0.3) is 10.9 Å². The molecule has 0 aliphatic heterocycles. The summed E-state index contributed by atoms with van der Waals surface area (Å²) in [5.41, 5.74) is 2.12. The summed E-state index contributed by atoms with van der Waals surface area (Å²) in [6.07, 6.45) is 0.495. The van der Waals surface area contributed by atoms with E-state index < -0.39 is 30.4 Å². The number of rotatable bonds is 10. The Morgan fingerprint density at radius 3 is 2.62 bits per heavy atom. The van der Waals surface area contributed by atoms with Crippen LogP contribution in [-0.4, -0.2) is 53.7 Å². The molecule has 2 aromatic heterocycles. The summed E-state index contributed by atoms with van der Waals surface area (Å²) in [5.74, 6) is -2.15. The molecule has 0 aliphatic rings. The van der Waals surface area contributed by atoms with Crippen molar-refractivity contribution in [2.24, 2.45) is 0 Å². The Morgan fingerprint density at radius 2 is 1.88 bits per heavy atom. The fourth-order valence-corrected chi connectivity index (χ4v) is 4.54. The van der Waals surface area contributed by atoms with Crippen molar-refractivity contribution in [3.8, 4) is 0 Å². The lowest BCUT2D eigenvalue weighted by Gasteiger charge is -2.09. The molecule has 0 aliphatic carbocycles. The number of carbonyl (C=O) groups excluding carboxylic acids is 4. The van der Waals surface area contributed by atoms with Crippen molar-refractivity contribution in [2.45, 2.75) is 33.6 Å². The van der Waals surface area contributed by atoms with Gasteiger partial charge in [0.2, 0.25) is 0 Å². The number of nitrogens with one attached hydrogen (secondary N) is 3. The van der Waals surface area contributed by atoms with E-state index in [4.69, 9.17) is 9.47 Å². The average Bonchev–Trinajstić information content (AvgIpc) is 3.38. The highest BCUT2D eigenvalue weighted by Crippen LogP contribution is 2.34. The van der Waals surface area contributed by atoms with Crippen molar-refractivity contribution in [3.63, 3.8) is 0 Å². The van der Waals surface area contributed by atoms with E-state index in [1.54, 1.807) is 25.1 Å². The van der Waals surface area contributed by atoms with E-state index in [9.17, 15) is 19.2 Å². The Hall–Kier alpha value is -3.73. The van der Waals surface area contributed by atoms with Crippen LogP contribution in [0.3, 0.4) is 0 Å². The summed E-state index contributed by atoms with van der Waals surface area (Å²) < 4.78 is 10.1. The molecule has 0 radical (unpaired) electrons. The summed E-state index contributed by atoms with van der Waals surface area (Å²) in [7, 11) is 0. The zero-order valence-electron chi connectivity index (χ0n) is 19.1. The van der Waals surface area contributed by atoms with Crippen molar-refractivity contribution in [1.82, 2.24) is 15.5 Å². The van der Waals surface area contributed by atoms with Gasteiger partial charge in [-0.05, 0) is 31.9 Å². The van der Waals surface area contributed by atoms with E-state index in [1.165, 1.54) is 11.3 Å². The Balaban J connectivity index is 1.48. The topological polar surface area (TPSA) is 139 Å². The van der Waals surface area contributed by atoms with E-state index >= 15 is 0 Å². The Kier molecular flexibility index (Phi) is 8.36. The predicted molar refractivity (Wildman–Crippen MR) is 127 cm³/mol. The minimum absolute atomic E-state index is 0.0253. The lowest BCUT2D eigenvalue weighted by molar-refractivity contribution is -0.147. The smallest absolute Gasteiger partial charge is 0.341 e. The first-order chi connectivity index (χ1) is 16.3. The second kappa shape index (κ2) is 11.4. The number of H-pyrrole nitrogens is 1. The van der Waals surface area contributed by atoms with Crippen LogP contribution >= 0.6 is 11.3 Å². The zero-order chi connectivity index (χ0) is 24.7. The van der Waals surface area contributed by atoms with Gasteiger partial charge in [-0.2, -0.15) is 5.10 Å². The van der Waals surface area contributed by atoms with Gasteiger partial charge in [-0.15, -0.1) is 11.3 Å². The van der Waals surface area contributed by atoms with Gasteiger partial charge in [-0.3, -0.25) is 19.5 Å². The molecule has 34 heavy (non-hydrogen) atoms. The normalized spacial score (nSPS) is 10.7. The fourth-order valence-electron chi connectivity index (χ4n) is 3.39. The quantitative estimate of drug-likeness (QED) is 0.374. The number of aromatic nitrogens is 2. The van der Waals surface area contributed by atoms with Gasteiger partial charge in [-0.25, -0.2) is 4.79 Å². The summed E-state index contributed by atoms with van der Waals surface area (Å²) in [6.45, 7) is 5.21. The molecule has 2 heterocycles.